The number of hydrogen-bond donors (Lipinski definition) is 2. The Morgan fingerprint density at radius 1 is 1.22 bits per heavy atom. The van der Waals surface area contributed by atoms with Crippen LogP contribution in [0.2, 0.25) is 0 Å². The number of nitrogen functional groups attached to an aromatic ring is 1. The number of nitrogens with two attached hydrogens (primary N) is 1. The van der Waals surface area contributed by atoms with Crippen LogP contribution in [0.15, 0.2) is 12.3 Å². The van der Waals surface area contributed by atoms with E-state index in [1.54, 1.807) is 12.3 Å². The van der Waals surface area contributed by atoms with Gasteiger partial charge in [0.1, 0.15) is 5.82 Å². The summed E-state index contributed by atoms with van der Waals surface area (Å²) in [4.78, 5) is 10.8. The Hall–Kier alpha value is -1.36. The highest BCUT2D eigenvalue weighted by atomic mass is 15.1. The molecule has 0 atom stereocenters. The molecular weight excluding hydrogens is 226 g/mol. The Morgan fingerprint density at radius 3 is 2.83 bits per heavy atom. The zero-order chi connectivity index (χ0) is 12.6. The molecule has 1 aromatic heterocycles. The standard InChI is InChI=1S/C13H23N5/c14-12-6-8-16-13(17-12)15-7-2-5-11-18-9-3-1-4-10-18/h6,8H,1-5,7,9-11H2,(H3,14,15,16,17). The number of piperidine rings is 1. The van der Waals surface area contributed by atoms with Crippen molar-refractivity contribution in [2.24, 2.45) is 0 Å². The zero-order valence-electron chi connectivity index (χ0n) is 10.9. The number of aromatic nitrogens is 2. The maximum absolute atomic E-state index is 5.59. The number of unbranched alkanes of at least 4 members (excludes halogenated alkanes) is 1. The van der Waals surface area contributed by atoms with E-state index in [0.717, 1.165) is 13.0 Å². The average Bonchev–Trinajstić information content (AvgIpc) is 2.40. The van der Waals surface area contributed by atoms with Crippen molar-refractivity contribution in [3.05, 3.63) is 12.3 Å². The van der Waals surface area contributed by atoms with Crippen molar-refractivity contribution in [1.82, 2.24) is 14.9 Å². The van der Waals surface area contributed by atoms with Gasteiger partial charge in [-0.15, -0.1) is 0 Å². The fourth-order valence-electron chi connectivity index (χ4n) is 2.30. The Kier molecular flexibility index (Phi) is 5.20. The minimum Gasteiger partial charge on any atom is -0.384 e. The van der Waals surface area contributed by atoms with Gasteiger partial charge in [-0.1, -0.05) is 6.42 Å². The van der Waals surface area contributed by atoms with Crippen LogP contribution in [0.5, 0.6) is 0 Å². The molecule has 5 heteroatoms. The van der Waals surface area contributed by atoms with Crippen molar-refractivity contribution in [2.75, 3.05) is 37.2 Å². The predicted molar refractivity (Wildman–Crippen MR) is 74.5 cm³/mol. The molecule has 0 aromatic carbocycles. The predicted octanol–water partition coefficient (Wildman–Crippen LogP) is 1.74. The van der Waals surface area contributed by atoms with E-state index in [9.17, 15) is 0 Å². The molecule has 18 heavy (non-hydrogen) atoms. The molecule has 2 rings (SSSR count). The van der Waals surface area contributed by atoms with Crippen LogP contribution in [-0.2, 0) is 0 Å². The first-order valence-corrected chi connectivity index (χ1v) is 6.89. The van der Waals surface area contributed by atoms with Crippen molar-refractivity contribution >= 4 is 11.8 Å². The first-order chi connectivity index (χ1) is 8.84. The number of rotatable bonds is 6. The summed E-state index contributed by atoms with van der Waals surface area (Å²) < 4.78 is 0. The van der Waals surface area contributed by atoms with Crippen LogP contribution in [0.25, 0.3) is 0 Å². The van der Waals surface area contributed by atoms with E-state index in [-0.39, 0.29) is 0 Å². The van der Waals surface area contributed by atoms with Gasteiger partial charge in [0.2, 0.25) is 5.95 Å². The topological polar surface area (TPSA) is 67.1 Å². The number of nitrogens with zero attached hydrogens (tertiary/aromatic N) is 3. The van der Waals surface area contributed by atoms with Gasteiger partial charge in [0.15, 0.2) is 0 Å². The lowest BCUT2D eigenvalue weighted by molar-refractivity contribution is 0.225. The number of likely N-dealkylation sites (tertiary alicyclic amines) is 1. The normalized spacial score (nSPS) is 16.7. The van der Waals surface area contributed by atoms with E-state index in [2.05, 4.69) is 20.2 Å². The first-order valence-electron chi connectivity index (χ1n) is 6.89. The van der Waals surface area contributed by atoms with Gasteiger partial charge in [0.25, 0.3) is 0 Å². The van der Waals surface area contributed by atoms with Crippen LogP contribution >= 0.6 is 0 Å². The summed E-state index contributed by atoms with van der Waals surface area (Å²) in [5, 5.41) is 3.20. The number of nitrogens with one attached hydrogen (secondary N) is 1. The van der Waals surface area contributed by atoms with Crippen molar-refractivity contribution in [3.8, 4) is 0 Å². The molecule has 100 valence electrons. The second-order valence-electron chi connectivity index (χ2n) is 4.84. The van der Waals surface area contributed by atoms with E-state index in [1.165, 1.54) is 45.3 Å². The van der Waals surface area contributed by atoms with E-state index < -0.39 is 0 Å². The largest absolute Gasteiger partial charge is 0.384 e. The summed E-state index contributed by atoms with van der Waals surface area (Å²) in [6, 6.07) is 1.70. The van der Waals surface area contributed by atoms with Gasteiger partial charge >= 0.3 is 0 Å². The molecule has 1 aliphatic rings. The van der Waals surface area contributed by atoms with E-state index in [4.69, 9.17) is 5.73 Å². The molecular formula is C13H23N5. The second-order valence-corrected chi connectivity index (χ2v) is 4.84. The molecule has 0 bridgehead atoms. The van der Waals surface area contributed by atoms with Crippen LogP contribution in [0, 0.1) is 0 Å². The lowest BCUT2D eigenvalue weighted by Gasteiger charge is -2.26. The summed E-state index contributed by atoms with van der Waals surface area (Å²) >= 11 is 0. The van der Waals surface area contributed by atoms with Crippen LogP contribution in [0.1, 0.15) is 32.1 Å². The summed E-state index contributed by atoms with van der Waals surface area (Å²) in [7, 11) is 0. The van der Waals surface area contributed by atoms with Crippen LogP contribution in [-0.4, -0.2) is 41.0 Å². The van der Waals surface area contributed by atoms with Gasteiger partial charge in [-0.2, -0.15) is 4.98 Å². The molecule has 1 fully saturated rings. The molecule has 1 saturated heterocycles. The van der Waals surface area contributed by atoms with Crippen LogP contribution in [0.4, 0.5) is 11.8 Å². The third kappa shape index (κ3) is 4.49. The van der Waals surface area contributed by atoms with Gasteiger partial charge in [-0.05, 0) is 51.4 Å². The van der Waals surface area contributed by atoms with Gasteiger partial charge in [0, 0.05) is 12.7 Å². The molecule has 3 N–H and O–H groups in total. The fraction of sp³-hybridized carbons (Fsp3) is 0.692. The molecule has 5 nitrogen and oxygen atoms in total. The average molecular weight is 249 g/mol. The second kappa shape index (κ2) is 7.16. The number of anilines is 2. The zero-order valence-corrected chi connectivity index (χ0v) is 10.9. The van der Waals surface area contributed by atoms with Gasteiger partial charge < -0.3 is 16.0 Å². The molecule has 2 heterocycles. The molecule has 0 radical (unpaired) electrons. The monoisotopic (exact) mass is 249 g/mol. The lowest BCUT2D eigenvalue weighted by Crippen LogP contribution is -2.30. The van der Waals surface area contributed by atoms with Crippen molar-refractivity contribution in [3.63, 3.8) is 0 Å². The number of hydrogen-bond acceptors (Lipinski definition) is 5. The van der Waals surface area contributed by atoms with Crippen LogP contribution in [0.3, 0.4) is 0 Å². The minimum atomic E-state index is 0.515. The highest BCUT2D eigenvalue weighted by Crippen LogP contribution is 2.09. The van der Waals surface area contributed by atoms with Crippen molar-refractivity contribution < 1.29 is 0 Å². The SMILES string of the molecule is Nc1ccnc(NCCCCN2CCCCC2)n1. The van der Waals surface area contributed by atoms with E-state index in [0.29, 0.717) is 11.8 Å². The third-order valence-corrected chi connectivity index (χ3v) is 3.31. The molecule has 1 aromatic rings. The molecule has 0 unspecified atom stereocenters. The van der Waals surface area contributed by atoms with Gasteiger partial charge in [-0.25, -0.2) is 4.98 Å². The minimum absolute atomic E-state index is 0.515. The Bertz CT molecular complexity index is 349. The quantitative estimate of drug-likeness (QED) is 0.752. The Labute approximate surface area is 109 Å². The highest BCUT2D eigenvalue weighted by molar-refractivity contribution is 5.34. The maximum Gasteiger partial charge on any atom is 0.224 e. The molecule has 0 aliphatic carbocycles. The van der Waals surface area contributed by atoms with Gasteiger partial charge in [-0.3, -0.25) is 0 Å². The summed E-state index contributed by atoms with van der Waals surface area (Å²) in [5.41, 5.74) is 5.59. The Balaban J connectivity index is 1.55. The van der Waals surface area contributed by atoms with E-state index >= 15 is 0 Å². The summed E-state index contributed by atoms with van der Waals surface area (Å²) in [5.74, 6) is 1.15. The third-order valence-electron chi connectivity index (χ3n) is 3.31. The molecule has 0 saturated carbocycles. The summed E-state index contributed by atoms with van der Waals surface area (Å²) in [6.07, 6.45) is 8.21. The lowest BCUT2D eigenvalue weighted by atomic mass is 10.1. The fourth-order valence-corrected chi connectivity index (χ4v) is 2.30. The highest BCUT2D eigenvalue weighted by Gasteiger charge is 2.08. The Morgan fingerprint density at radius 2 is 2.06 bits per heavy atom. The summed E-state index contributed by atoms with van der Waals surface area (Å²) in [6.45, 7) is 4.70. The maximum atomic E-state index is 5.59. The van der Waals surface area contributed by atoms with Crippen molar-refractivity contribution in [1.29, 1.82) is 0 Å². The molecule has 1 aliphatic heterocycles. The van der Waals surface area contributed by atoms with E-state index in [1.807, 2.05) is 0 Å². The van der Waals surface area contributed by atoms with Crippen LogP contribution < -0.4 is 11.1 Å². The molecule has 0 amide bonds. The first kappa shape index (κ1) is 13.1. The van der Waals surface area contributed by atoms with Gasteiger partial charge in [0.05, 0.1) is 0 Å². The molecule has 0 spiro atoms. The smallest absolute Gasteiger partial charge is 0.224 e. The van der Waals surface area contributed by atoms with Crippen molar-refractivity contribution in [2.45, 2.75) is 32.1 Å².